The molecule has 1 saturated heterocycles. The molecular weight excluding hydrogens is 336 g/mol. The van der Waals surface area contributed by atoms with Gasteiger partial charge in [-0.15, -0.1) is 0 Å². The number of aryl methyl sites for hydroxylation is 1. The van der Waals surface area contributed by atoms with Crippen LogP contribution in [0.25, 0.3) is 0 Å². The summed E-state index contributed by atoms with van der Waals surface area (Å²) in [7, 11) is -3.70. The van der Waals surface area contributed by atoms with Gasteiger partial charge in [0.15, 0.2) is 0 Å². The van der Waals surface area contributed by atoms with Gasteiger partial charge in [0.2, 0.25) is 9.84 Å². The Morgan fingerprint density at radius 3 is 2.44 bits per heavy atom. The molecule has 1 heterocycles. The first-order valence-corrected chi connectivity index (χ1v) is 9.87. The van der Waals surface area contributed by atoms with Crippen molar-refractivity contribution in [1.29, 1.82) is 0 Å². The predicted molar refractivity (Wildman–Crippen MR) is 97.0 cm³/mol. The number of ether oxygens (including phenoxy) is 2. The predicted octanol–water partition coefficient (Wildman–Crippen LogP) is 3.90. The summed E-state index contributed by atoms with van der Waals surface area (Å²) in [5.41, 5.74) is 1.33. The van der Waals surface area contributed by atoms with E-state index in [0.29, 0.717) is 19.0 Å². The van der Waals surface area contributed by atoms with Crippen molar-refractivity contribution >= 4 is 9.84 Å². The Balaban J connectivity index is 2.16. The Labute approximate surface area is 149 Å². The third kappa shape index (κ3) is 3.88. The number of rotatable bonds is 5. The smallest absolute Gasteiger partial charge is 0.210 e. The van der Waals surface area contributed by atoms with Crippen LogP contribution >= 0.6 is 0 Å². The molecule has 1 fully saturated rings. The number of hydrogen-bond donors (Lipinski definition) is 0. The molecule has 1 aliphatic rings. The van der Waals surface area contributed by atoms with Crippen LogP contribution in [0.3, 0.4) is 0 Å². The summed E-state index contributed by atoms with van der Waals surface area (Å²) in [6, 6.07) is 12.4. The molecule has 0 saturated carbocycles. The van der Waals surface area contributed by atoms with Gasteiger partial charge in [-0.1, -0.05) is 45.0 Å². The highest BCUT2D eigenvalue weighted by Crippen LogP contribution is 2.38. The summed E-state index contributed by atoms with van der Waals surface area (Å²) in [5, 5.41) is 0. The summed E-state index contributed by atoms with van der Waals surface area (Å²) in [6.45, 7) is 8.93. The van der Waals surface area contributed by atoms with Crippen molar-refractivity contribution in [2.45, 2.75) is 49.0 Å². The van der Waals surface area contributed by atoms with Crippen molar-refractivity contribution in [1.82, 2.24) is 0 Å². The van der Waals surface area contributed by atoms with Gasteiger partial charge >= 0.3 is 0 Å². The Morgan fingerprint density at radius 1 is 1.16 bits per heavy atom. The summed E-state index contributed by atoms with van der Waals surface area (Å²) in [5.74, 6) is 0.393. The molecule has 1 atom stereocenters. The number of sulfone groups is 1. The highest BCUT2D eigenvalue weighted by molar-refractivity contribution is 7.91. The first-order valence-electron chi connectivity index (χ1n) is 8.39. The van der Waals surface area contributed by atoms with Crippen LogP contribution in [0.4, 0.5) is 0 Å². The van der Waals surface area contributed by atoms with E-state index in [1.807, 2.05) is 45.9 Å². The van der Waals surface area contributed by atoms with Crippen molar-refractivity contribution in [3.63, 3.8) is 0 Å². The topological polar surface area (TPSA) is 55.9 Å². The monoisotopic (exact) mass is 360 g/mol. The van der Waals surface area contributed by atoms with Crippen molar-refractivity contribution in [2.24, 2.45) is 0 Å². The molecule has 0 spiro atoms. The molecule has 0 bridgehead atoms. The fourth-order valence-corrected chi connectivity index (χ4v) is 4.63. The first kappa shape index (κ1) is 18.0. The van der Waals surface area contributed by atoms with E-state index in [0.717, 1.165) is 11.1 Å². The highest BCUT2D eigenvalue weighted by atomic mass is 32.2. The van der Waals surface area contributed by atoms with Crippen LogP contribution in [0.15, 0.2) is 52.3 Å². The molecular formula is C20H24O4S. The molecule has 0 N–H and O–H groups in total. The van der Waals surface area contributed by atoms with Crippen LogP contribution in [-0.2, 0) is 20.0 Å². The van der Waals surface area contributed by atoms with Gasteiger partial charge in [0.1, 0.15) is 23.4 Å². The minimum absolute atomic E-state index is 0.0628. The van der Waals surface area contributed by atoms with Crippen molar-refractivity contribution < 1.29 is 17.9 Å². The second-order valence-corrected chi connectivity index (χ2v) is 9.36. The largest absolute Gasteiger partial charge is 0.489 e. The summed E-state index contributed by atoms with van der Waals surface area (Å²) in [6.07, 6.45) is 0.0628. The lowest BCUT2D eigenvalue weighted by Crippen LogP contribution is -2.19. The molecule has 0 radical (unpaired) electrons. The van der Waals surface area contributed by atoms with Gasteiger partial charge in [0, 0.05) is 0 Å². The molecule has 134 valence electrons. The molecule has 4 nitrogen and oxygen atoms in total. The number of hydrogen-bond acceptors (Lipinski definition) is 4. The maximum absolute atomic E-state index is 13.4. The minimum atomic E-state index is -3.70. The Morgan fingerprint density at radius 2 is 1.84 bits per heavy atom. The highest BCUT2D eigenvalue weighted by Gasteiger charge is 2.32. The molecule has 0 aliphatic carbocycles. The second-order valence-electron chi connectivity index (χ2n) is 7.47. The van der Waals surface area contributed by atoms with Crippen LogP contribution in [-0.4, -0.2) is 27.7 Å². The third-order valence-electron chi connectivity index (χ3n) is 4.18. The lowest BCUT2D eigenvalue weighted by atomic mass is 9.87. The van der Waals surface area contributed by atoms with Crippen LogP contribution in [0, 0.1) is 6.92 Å². The maximum atomic E-state index is 13.4. The quantitative estimate of drug-likeness (QED) is 0.759. The van der Waals surface area contributed by atoms with Crippen LogP contribution in [0.2, 0.25) is 0 Å². The van der Waals surface area contributed by atoms with Crippen molar-refractivity contribution in [3.8, 4) is 5.75 Å². The van der Waals surface area contributed by atoms with E-state index < -0.39 is 9.84 Å². The van der Waals surface area contributed by atoms with Crippen LogP contribution < -0.4 is 4.74 Å². The SMILES string of the molecule is Cc1cccc(S(=O)(=O)c2c(OCC3CO3)cccc2C(C)(C)C)c1. The van der Waals surface area contributed by atoms with Gasteiger partial charge < -0.3 is 9.47 Å². The Bertz CT molecular complexity index is 875. The van der Waals surface area contributed by atoms with Gasteiger partial charge in [-0.05, 0) is 41.7 Å². The molecule has 5 heteroatoms. The maximum Gasteiger partial charge on any atom is 0.210 e. The van der Waals surface area contributed by atoms with Crippen LogP contribution in [0.5, 0.6) is 5.75 Å². The van der Waals surface area contributed by atoms with Crippen molar-refractivity contribution in [2.75, 3.05) is 13.2 Å². The van der Waals surface area contributed by atoms with E-state index in [1.54, 1.807) is 24.3 Å². The van der Waals surface area contributed by atoms with Gasteiger partial charge in [0.25, 0.3) is 0 Å². The van der Waals surface area contributed by atoms with Gasteiger partial charge in [0.05, 0.1) is 11.5 Å². The van der Waals surface area contributed by atoms with Crippen LogP contribution in [0.1, 0.15) is 31.9 Å². The van der Waals surface area contributed by atoms with E-state index in [4.69, 9.17) is 9.47 Å². The summed E-state index contributed by atoms with van der Waals surface area (Å²) < 4.78 is 37.9. The van der Waals surface area contributed by atoms with E-state index >= 15 is 0 Å². The molecule has 25 heavy (non-hydrogen) atoms. The summed E-state index contributed by atoms with van der Waals surface area (Å²) in [4.78, 5) is 0.547. The first-order chi connectivity index (χ1) is 11.7. The van der Waals surface area contributed by atoms with E-state index in [9.17, 15) is 8.42 Å². The average Bonchev–Trinajstić information content (AvgIpc) is 3.36. The lowest BCUT2D eigenvalue weighted by Gasteiger charge is -2.24. The Hall–Kier alpha value is -1.85. The average molecular weight is 360 g/mol. The van der Waals surface area contributed by atoms with E-state index in [2.05, 4.69) is 0 Å². The normalized spacial score (nSPS) is 17.4. The zero-order chi connectivity index (χ0) is 18.2. The molecule has 1 unspecified atom stereocenters. The fraction of sp³-hybridized carbons (Fsp3) is 0.400. The number of benzene rings is 2. The molecule has 2 aromatic rings. The lowest BCUT2D eigenvalue weighted by molar-refractivity contribution is 0.257. The third-order valence-corrected chi connectivity index (χ3v) is 6.02. The standard InChI is InChI=1S/C20H24O4S/c1-14-7-5-8-16(11-14)25(21,22)19-17(20(2,3)4)9-6-10-18(19)24-13-15-12-23-15/h5-11,15H,12-13H2,1-4H3. The number of epoxide rings is 1. The molecule has 0 amide bonds. The molecule has 2 aromatic carbocycles. The van der Waals surface area contributed by atoms with Gasteiger partial charge in [-0.2, -0.15) is 0 Å². The second kappa shape index (κ2) is 6.46. The van der Waals surface area contributed by atoms with Gasteiger partial charge in [-0.3, -0.25) is 0 Å². The Kier molecular flexibility index (Phi) is 4.64. The molecule has 3 rings (SSSR count). The summed E-state index contributed by atoms with van der Waals surface area (Å²) >= 11 is 0. The van der Waals surface area contributed by atoms with E-state index in [-0.39, 0.29) is 21.3 Å². The fourth-order valence-electron chi connectivity index (χ4n) is 2.74. The zero-order valence-electron chi connectivity index (χ0n) is 15.1. The zero-order valence-corrected chi connectivity index (χ0v) is 15.9. The minimum Gasteiger partial charge on any atom is -0.489 e. The van der Waals surface area contributed by atoms with E-state index in [1.165, 1.54) is 0 Å². The van der Waals surface area contributed by atoms with Gasteiger partial charge in [-0.25, -0.2) is 8.42 Å². The van der Waals surface area contributed by atoms with Crippen molar-refractivity contribution in [3.05, 3.63) is 53.6 Å². The molecule has 0 aromatic heterocycles. The molecule has 1 aliphatic heterocycles.